The van der Waals surface area contributed by atoms with Gasteiger partial charge in [0.1, 0.15) is 18.1 Å². The Bertz CT molecular complexity index is 1300. The molecular formula is C25H23ClN4O3. The van der Waals surface area contributed by atoms with Gasteiger partial charge in [-0.2, -0.15) is 0 Å². The number of nitrogens with one attached hydrogen (secondary N) is 2. The number of fused-ring (bicyclic) bond motifs is 1. The first kappa shape index (κ1) is 22.4. The van der Waals surface area contributed by atoms with Crippen LogP contribution in [0.2, 0.25) is 5.02 Å². The number of hydrogen-bond donors (Lipinski definition) is 2. The van der Waals surface area contributed by atoms with E-state index >= 15 is 0 Å². The summed E-state index contributed by atoms with van der Waals surface area (Å²) in [4.78, 5) is 30.3. The van der Waals surface area contributed by atoms with E-state index < -0.39 is 6.04 Å². The Kier molecular flexibility index (Phi) is 6.60. The predicted molar refractivity (Wildman–Crippen MR) is 129 cm³/mol. The number of nitrogens with zero attached hydrogens (tertiary/aromatic N) is 2. The highest BCUT2D eigenvalue weighted by molar-refractivity contribution is 6.33. The van der Waals surface area contributed by atoms with E-state index in [0.717, 1.165) is 11.0 Å². The van der Waals surface area contributed by atoms with E-state index in [4.69, 9.17) is 16.3 Å². The molecule has 0 bridgehead atoms. The van der Waals surface area contributed by atoms with Crippen molar-refractivity contribution in [1.29, 1.82) is 0 Å². The second kappa shape index (κ2) is 9.75. The Morgan fingerprint density at radius 2 is 1.73 bits per heavy atom. The van der Waals surface area contributed by atoms with Gasteiger partial charge in [0.05, 0.1) is 34.8 Å². The first-order valence-corrected chi connectivity index (χ1v) is 10.8. The number of hydrogen-bond acceptors (Lipinski definition) is 4. The van der Waals surface area contributed by atoms with E-state index in [1.165, 1.54) is 0 Å². The largest absolute Gasteiger partial charge is 0.497 e. The molecule has 0 spiro atoms. The Hall–Kier alpha value is -3.84. The van der Waals surface area contributed by atoms with Crippen LogP contribution >= 0.6 is 11.6 Å². The van der Waals surface area contributed by atoms with Crippen LogP contribution < -0.4 is 15.4 Å². The Balaban J connectivity index is 1.57. The smallest absolute Gasteiger partial charge is 0.253 e. The van der Waals surface area contributed by atoms with Crippen molar-refractivity contribution in [2.45, 2.75) is 19.5 Å². The average Bonchev–Trinajstić information content (AvgIpc) is 3.18. The molecule has 7 nitrogen and oxygen atoms in total. The Morgan fingerprint density at radius 3 is 2.45 bits per heavy atom. The fourth-order valence-corrected chi connectivity index (χ4v) is 3.82. The third kappa shape index (κ3) is 4.99. The van der Waals surface area contributed by atoms with Gasteiger partial charge in [0.2, 0.25) is 5.91 Å². The number of para-hydroxylation sites is 2. The molecular weight excluding hydrogens is 440 g/mol. The lowest BCUT2D eigenvalue weighted by molar-refractivity contribution is -0.116. The van der Waals surface area contributed by atoms with Crippen molar-refractivity contribution in [2.75, 3.05) is 12.4 Å². The second-order valence-electron chi connectivity index (χ2n) is 7.50. The maximum absolute atomic E-state index is 12.8. The molecule has 0 aliphatic carbocycles. The molecule has 0 saturated carbocycles. The lowest BCUT2D eigenvalue weighted by Crippen LogP contribution is -2.30. The molecule has 2 amide bonds. The van der Waals surface area contributed by atoms with Crippen molar-refractivity contribution in [3.05, 3.63) is 89.2 Å². The van der Waals surface area contributed by atoms with E-state index in [2.05, 4.69) is 15.6 Å². The van der Waals surface area contributed by atoms with E-state index in [1.54, 1.807) is 55.6 Å². The van der Waals surface area contributed by atoms with E-state index in [-0.39, 0.29) is 18.4 Å². The maximum Gasteiger partial charge on any atom is 0.253 e. The van der Waals surface area contributed by atoms with Crippen molar-refractivity contribution >= 4 is 40.1 Å². The number of aromatic nitrogens is 2. The fraction of sp³-hybridized carbons (Fsp3) is 0.160. The number of ether oxygens (including phenoxy) is 1. The van der Waals surface area contributed by atoms with Gasteiger partial charge in [0, 0.05) is 5.69 Å². The van der Waals surface area contributed by atoms with E-state index in [0.29, 0.717) is 27.8 Å². The number of halogens is 1. The quantitative estimate of drug-likeness (QED) is 0.412. The van der Waals surface area contributed by atoms with Crippen molar-refractivity contribution in [2.24, 2.45) is 0 Å². The zero-order chi connectivity index (χ0) is 23.4. The van der Waals surface area contributed by atoms with Gasteiger partial charge < -0.3 is 19.9 Å². The summed E-state index contributed by atoms with van der Waals surface area (Å²) in [5.41, 5.74) is 2.58. The molecule has 0 aliphatic heterocycles. The topological polar surface area (TPSA) is 85.2 Å². The monoisotopic (exact) mass is 462 g/mol. The minimum Gasteiger partial charge on any atom is -0.497 e. The predicted octanol–water partition coefficient (Wildman–Crippen LogP) is 4.83. The number of amides is 2. The van der Waals surface area contributed by atoms with Crippen molar-refractivity contribution in [3.63, 3.8) is 0 Å². The summed E-state index contributed by atoms with van der Waals surface area (Å²) < 4.78 is 6.96. The first-order chi connectivity index (χ1) is 16.0. The SMILES string of the molecule is COc1ccc(NC(=O)Cn2c(C(C)NC(=O)c3ccccc3Cl)nc3ccccc32)cc1. The number of carbonyl (C=O) groups is 2. The van der Waals surface area contributed by atoms with E-state index in [9.17, 15) is 9.59 Å². The summed E-state index contributed by atoms with van der Waals surface area (Å²) in [6.07, 6.45) is 0. The Morgan fingerprint density at radius 1 is 1.03 bits per heavy atom. The average molecular weight is 463 g/mol. The minimum absolute atomic E-state index is 0.0359. The molecule has 1 atom stereocenters. The van der Waals surface area contributed by atoms with Crippen LogP contribution in [0.25, 0.3) is 11.0 Å². The molecule has 1 heterocycles. The molecule has 2 N–H and O–H groups in total. The van der Waals surface area contributed by atoms with Gasteiger partial charge in [-0.1, -0.05) is 35.9 Å². The molecule has 3 aromatic carbocycles. The summed E-state index contributed by atoms with van der Waals surface area (Å²) >= 11 is 6.17. The number of benzene rings is 3. The van der Waals surface area contributed by atoms with Crippen LogP contribution in [-0.2, 0) is 11.3 Å². The fourth-order valence-electron chi connectivity index (χ4n) is 3.59. The molecule has 0 saturated heterocycles. The molecule has 1 unspecified atom stereocenters. The third-order valence-electron chi connectivity index (χ3n) is 5.21. The van der Waals surface area contributed by atoms with Gasteiger partial charge in [-0.25, -0.2) is 4.98 Å². The van der Waals surface area contributed by atoms with Crippen LogP contribution in [0.1, 0.15) is 29.1 Å². The Labute approximate surface area is 196 Å². The number of rotatable bonds is 7. The number of carbonyl (C=O) groups excluding carboxylic acids is 2. The molecule has 8 heteroatoms. The lowest BCUT2D eigenvalue weighted by Gasteiger charge is -2.17. The summed E-state index contributed by atoms with van der Waals surface area (Å²) in [5, 5.41) is 6.20. The molecule has 0 fully saturated rings. The van der Waals surface area contributed by atoms with Crippen LogP contribution in [0.4, 0.5) is 5.69 Å². The maximum atomic E-state index is 12.8. The summed E-state index contributed by atoms with van der Waals surface area (Å²) in [5.74, 6) is 0.754. The highest BCUT2D eigenvalue weighted by atomic mass is 35.5. The number of imidazole rings is 1. The molecule has 4 rings (SSSR count). The second-order valence-corrected chi connectivity index (χ2v) is 7.90. The van der Waals surface area contributed by atoms with Crippen molar-refractivity contribution < 1.29 is 14.3 Å². The first-order valence-electron chi connectivity index (χ1n) is 10.4. The van der Waals surface area contributed by atoms with Gasteiger partial charge in [0.15, 0.2) is 0 Å². The van der Waals surface area contributed by atoms with Gasteiger partial charge in [-0.05, 0) is 55.5 Å². The zero-order valence-corrected chi connectivity index (χ0v) is 19.0. The summed E-state index contributed by atoms with van der Waals surface area (Å²) in [7, 11) is 1.59. The normalized spacial score (nSPS) is 11.7. The lowest BCUT2D eigenvalue weighted by atomic mass is 10.2. The van der Waals surface area contributed by atoms with Gasteiger partial charge in [0.25, 0.3) is 5.91 Å². The highest BCUT2D eigenvalue weighted by Gasteiger charge is 2.21. The molecule has 0 radical (unpaired) electrons. The zero-order valence-electron chi connectivity index (χ0n) is 18.2. The van der Waals surface area contributed by atoms with Crippen LogP contribution in [-0.4, -0.2) is 28.5 Å². The number of methoxy groups -OCH3 is 1. The third-order valence-corrected chi connectivity index (χ3v) is 5.54. The van der Waals surface area contributed by atoms with Gasteiger partial charge in [-0.15, -0.1) is 0 Å². The van der Waals surface area contributed by atoms with Crippen LogP contribution in [0.5, 0.6) is 5.75 Å². The highest BCUT2D eigenvalue weighted by Crippen LogP contribution is 2.23. The van der Waals surface area contributed by atoms with Crippen LogP contribution in [0.3, 0.4) is 0 Å². The molecule has 0 aliphatic rings. The van der Waals surface area contributed by atoms with E-state index in [1.807, 2.05) is 35.8 Å². The molecule has 33 heavy (non-hydrogen) atoms. The van der Waals surface area contributed by atoms with Gasteiger partial charge in [-0.3, -0.25) is 9.59 Å². The molecule has 4 aromatic rings. The number of anilines is 1. The van der Waals surface area contributed by atoms with Crippen LogP contribution in [0.15, 0.2) is 72.8 Å². The molecule has 168 valence electrons. The summed E-state index contributed by atoms with van der Waals surface area (Å²) in [6, 6.07) is 21.0. The van der Waals surface area contributed by atoms with Crippen LogP contribution in [0, 0.1) is 0 Å². The van der Waals surface area contributed by atoms with Crippen molar-refractivity contribution in [3.8, 4) is 5.75 Å². The molecule has 1 aromatic heterocycles. The van der Waals surface area contributed by atoms with Gasteiger partial charge >= 0.3 is 0 Å². The minimum atomic E-state index is -0.463. The standard InChI is InChI=1S/C25H23ClN4O3/c1-16(27-25(32)19-7-3-4-8-20(19)26)24-29-21-9-5-6-10-22(21)30(24)15-23(31)28-17-11-13-18(33-2)14-12-17/h3-14,16H,15H2,1-2H3,(H,27,32)(H,28,31). The summed E-state index contributed by atoms with van der Waals surface area (Å²) in [6.45, 7) is 1.86. The van der Waals surface area contributed by atoms with Crippen molar-refractivity contribution in [1.82, 2.24) is 14.9 Å².